The van der Waals surface area contributed by atoms with E-state index in [0.29, 0.717) is 5.56 Å². The summed E-state index contributed by atoms with van der Waals surface area (Å²) in [6.07, 6.45) is 8.67. The minimum atomic E-state index is -0.448. The SMILES string of the molecule is CCc1nc2ccccc2c(C(=O)OCC(=O)NCC23CC4CC(CC(C4)C2)C3)c1C. The van der Waals surface area contributed by atoms with Crippen molar-refractivity contribution in [3.05, 3.63) is 41.1 Å². The van der Waals surface area contributed by atoms with Gasteiger partial charge in [-0.25, -0.2) is 4.79 Å². The van der Waals surface area contributed by atoms with Crippen LogP contribution in [-0.4, -0.2) is 30.0 Å². The maximum atomic E-state index is 12.9. The van der Waals surface area contributed by atoms with Gasteiger partial charge in [0, 0.05) is 17.6 Å². The van der Waals surface area contributed by atoms with E-state index >= 15 is 0 Å². The first-order valence-corrected chi connectivity index (χ1v) is 11.8. The van der Waals surface area contributed by atoms with E-state index in [2.05, 4.69) is 10.3 Å². The minimum absolute atomic E-state index is 0.198. The van der Waals surface area contributed by atoms with Crippen molar-refractivity contribution in [2.45, 2.75) is 58.8 Å². The lowest BCUT2D eigenvalue weighted by atomic mass is 9.49. The fourth-order valence-electron chi connectivity index (χ4n) is 7.01. The highest BCUT2D eigenvalue weighted by molar-refractivity contribution is 6.05. The molecule has 164 valence electrons. The number of carbonyl (C=O) groups excluding carboxylic acids is 2. The second-order valence-electron chi connectivity index (χ2n) is 10.2. The van der Waals surface area contributed by atoms with Crippen LogP contribution < -0.4 is 5.32 Å². The third-order valence-electron chi connectivity index (χ3n) is 7.94. The van der Waals surface area contributed by atoms with Gasteiger partial charge in [-0.3, -0.25) is 9.78 Å². The summed E-state index contributed by atoms with van der Waals surface area (Å²) >= 11 is 0. The van der Waals surface area contributed by atoms with E-state index in [1.165, 1.54) is 38.5 Å². The van der Waals surface area contributed by atoms with Gasteiger partial charge in [-0.15, -0.1) is 0 Å². The Kier molecular flexibility index (Phi) is 5.23. The van der Waals surface area contributed by atoms with Crippen LogP contribution in [-0.2, 0) is 16.0 Å². The standard InChI is InChI=1S/C26H32N2O3/c1-3-21-16(2)24(20-6-4-5-7-22(20)28-21)25(30)31-14-23(29)27-15-26-11-17-8-18(12-26)10-19(9-17)13-26/h4-7,17-19H,3,8-15H2,1-2H3,(H,27,29). The first-order chi connectivity index (χ1) is 15.0. The average molecular weight is 421 g/mol. The Balaban J connectivity index is 1.23. The van der Waals surface area contributed by atoms with Gasteiger partial charge in [0.2, 0.25) is 0 Å². The average Bonchev–Trinajstić information content (AvgIpc) is 2.75. The van der Waals surface area contributed by atoms with Gasteiger partial charge in [0.15, 0.2) is 6.61 Å². The molecule has 4 saturated carbocycles. The second-order valence-corrected chi connectivity index (χ2v) is 10.2. The number of hydrogen-bond acceptors (Lipinski definition) is 4. The van der Waals surface area contributed by atoms with Crippen molar-refractivity contribution in [2.75, 3.05) is 13.2 Å². The van der Waals surface area contributed by atoms with Gasteiger partial charge in [-0.1, -0.05) is 25.1 Å². The van der Waals surface area contributed by atoms with Crippen LogP contribution in [0.25, 0.3) is 10.9 Å². The van der Waals surface area contributed by atoms with Crippen LogP contribution in [0.15, 0.2) is 24.3 Å². The maximum absolute atomic E-state index is 12.9. The summed E-state index contributed by atoms with van der Waals surface area (Å²) in [5, 5.41) is 3.87. The first-order valence-electron chi connectivity index (χ1n) is 11.8. The largest absolute Gasteiger partial charge is 0.452 e. The predicted octanol–water partition coefficient (Wildman–Crippen LogP) is 4.60. The predicted molar refractivity (Wildman–Crippen MR) is 120 cm³/mol. The van der Waals surface area contributed by atoms with Gasteiger partial charge in [0.1, 0.15) is 0 Å². The number of ether oxygens (including phenoxy) is 1. The number of carbonyl (C=O) groups is 2. The van der Waals surface area contributed by atoms with Gasteiger partial charge < -0.3 is 10.1 Å². The van der Waals surface area contributed by atoms with Crippen LogP contribution in [0.4, 0.5) is 0 Å². The molecule has 1 N–H and O–H groups in total. The monoisotopic (exact) mass is 420 g/mol. The Morgan fingerprint density at radius 2 is 1.74 bits per heavy atom. The molecule has 0 radical (unpaired) electrons. The highest BCUT2D eigenvalue weighted by Crippen LogP contribution is 2.59. The third kappa shape index (κ3) is 3.83. The van der Waals surface area contributed by atoms with Crippen molar-refractivity contribution >= 4 is 22.8 Å². The Morgan fingerprint density at radius 3 is 2.39 bits per heavy atom. The molecule has 0 saturated heterocycles. The van der Waals surface area contributed by atoms with Gasteiger partial charge in [-0.2, -0.15) is 0 Å². The summed E-state index contributed by atoms with van der Waals surface area (Å²) in [5.74, 6) is 1.93. The summed E-state index contributed by atoms with van der Waals surface area (Å²) in [6, 6.07) is 7.60. The van der Waals surface area contributed by atoms with Gasteiger partial charge in [-0.05, 0) is 86.7 Å². The molecule has 5 heteroatoms. The minimum Gasteiger partial charge on any atom is -0.452 e. The van der Waals surface area contributed by atoms with E-state index in [0.717, 1.165) is 52.9 Å². The zero-order valence-corrected chi connectivity index (χ0v) is 18.6. The van der Waals surface area contributed by atoms with E-state index in [4.69, 9.17) is 4.74 Å². The zero-order valence-electron chi connectivity index (χ0n) is 18.6. The molecule has 1 heterocycles. The first kappa shape index (κ1) is 20.5. The number of pyridine rings is 1. The van der Waals surface area contributed by atoms with Crippen molar-refractivity contribution in [3.8, 4) is 0 Å². The van der Waals surface area contributed by atoms with Crippen LogP contribution in [0.1, 0.15) is 67.1 Å². The van der Waals surface area contributed by atoms with Crippen molar-refractivity contribution in [3.63, 3.8) is 0 Å². The molecule has 4 aliphatic rings. The number of aryl methyl sites for hydroxylation is 1. The molecule has 0 spiro atoms. The van der Waals surface area contributed by atoms with Crippen molar-refractivity contribution in [1.29, 1.82) is 0 Å². The van der Waals surface area contributed by atoms with Crippen LogP contribution in [0.3, 0.4) is 0 Å². The molecule has 2 aromatic rings. The van der Waals surface area contributed by atoms with E-state index in [1.54, 1.807) is 0 Å². The fraction of sp³-hybridized carbons (Fsp3) is 0.577. The molecule has 0 atom stereocenters. The Morgan fingerprint density at radius 1 is 1.10 bits per heavy atom. The zero-order chi connectivity index (χ0) is 21.6. The Labute approximate surface area is 184 Å². The second kappa shape index (κ2) is 7.92. The number of fused-ring (bicyclic) bond motifs is 1. The molecule has 6 rings (SSSR count). The van der Waals surface area contributed by atoms with E-state index in [1.807, 2.05) is 38.1 Å². The highest BCUT2D eigenvalue weighted by Gasteiger charge is 2.50. The summed E-state index contributed by atoms with van der Waals surface area (Å²) in [7, 11) is 0. The summed E-state index contributed by atoms with van der Waals surface area (Å²) in [4.78, 5) is 30.2. The molecule has 5 nitrogen and oxygen atoms in total. The lowest BCUT2D eigenvalue weighted by Gasteiger charge is -2.56. The molecule has 4 aliphatic carbocycles. The van der Waals surface area contributed by atoms with Crippen LogP contribution in [0.2, 0.25) is 0 Å². The molecule has 4 bridgehead atoms. The molecule has 1 aromatic carbocycles. The number of hydrogen-bond donors (Lipinski definition) is 1. The van der Waals surface area contributed by atoms with Gasteiger partial charge in [0.05, 0.1) is 11.1 Å². The molecule has 31 heavy (non-hydrogen) atoms. The quantitative estimate of drug-likeness (QED) is 0.694. The van der Waals surface area contributed by atoms with E-state index in [9.17, 15) is 9.59 Å². The topological polar surface area (TPSA) is 68.3 Å². The van der Waals surface area contributed by atoms with Crippen molar-refractivity contribution in [1.82, 2.24) is 10.3 Å². The number of aromatic nitrogens is 1. The highest BCUT2D eigenvalue weighted by atomic mass is 16.5. The lowest BCUT2D eigenvalue weighted by molar-refractivity contribution is -0.126. The maximum Gasteiger partial charge on any atom is 0.339 e. The Hall–Kier alpha value is -2.43. The molecule has 0 unspecified atom stereocenters. The molecule has 4 fully saturated rings. The number of amides is 1. The molecular formula is C26H32N2O3. The van der Waals surface area contributed by atoms with Crippen molar-refractivity contribution in [2.24, 2.45) is 23.2 Å². The summed E-state index contributed by atoms with van der Waals surface area (Å²) in [6.45, 7) is 4.42. The smallest absolute Gasteiger partial charge is 0.339 e. The van der Waals surface area contributed by atoms with Crippen LogP contribution >= 0.6 is 0 Å². The van der Waals surface area contributed by atoms with E-state index < -0.39 is 5.97 Å². The number of para-hydroxylation sites is 1. The summed E-state index contributed by atoms with van der Waals surface area (Å²) in [5.41, 5.74) is 3.30. The van der Waals surface area contributed by atoms with Gasteiger partial charge >= 0.3 is 5.97 Å². The molecule has 1 aromatic heterocycles. The number of esters is 1. The third-order valence-corrected chi connectivity index (χ3v) is 7.94. The molecule has 1 amide bonds. The number of nitrogens with one attached hydrogen (secondary N) is 1. The fourth-order valence-corrected chi connectivity index (χ4v) is 7.01. The van der Waals surface area contributed by atoms with E-state index in [-0.39, 0.29) is 17.9 Å². The lowest BCUT2D eigenvalue weighted by Crippen LogP contribution is -2.51. The molecular weight excluding hydrogens is 388 g/mol. The number of benzene rings is 1. The number of nitrogens with zero attached hydrogens (tertiary/aromatic N) is 1. The Bertz CT molecular complexity index is 993. The van der Waals surface area contributed by atoms with Crippen molar-refractivity contribution < 1.29 is 14.3 Å². The molecule has 0 aliphatic heterocycles. The normalized spacial score (nSPS) is 28.6. The van der Waals surface area contributed by atoms with Crippen LogP contribution in [0, 0.1) is 30.1 Å². The number of rotatable bonds is 6. The van der Waals surface area contributed by atoms with Crippen LogP contribution in [0.5, 0.6) is 0 Å². The van der Waals surface area contributed by atoms with Gasteiger partial charge in [0.25, 0.3) is 5.91 Å². The summed E-state index contributed by atoms with van der Waals surface area (Å²) < 4.78 is 5.47.